The summed E-state index contributed by atoms with van der Waals surface area (Å²) in [6.45, 7) is 4.15. The van der Waals surface area contributed by atoms with Crippen molar-refractivity contribution in [1.82, 2.24) is 9.78 Å². The van der Waals surface area contributed by atoms with Gasteiger partial charge in [-0.1, -0.05) is 0 Å². The molecule has 1 aromatic heterocycles. The summed E-state index contributed by atoms with van der Waals surface area (Å²) in [5, 5.41) is 7.53. The van der Waals surface area contributed by atoms with Gasteiger partial charge in [0.25, 0.3) is 0 Å². The lowest BCUT2D eigenvalue weighted by atomic mass is 10.2. The fourth-order valence-electron chi connectivity index (χ4n) is 2.26. The molecule has 0 amide bonds. The van der Waals surface area contributed by atoms with E-state index in [1.807, 2.05) is 25.7 Å². The van der Waals surface area contributed by atoms with Crippen LogP contribution >= 0.6 is 0 Å². The third-order valence-electron chi connectivity index (χ3n) is 3.16. The van der Waals surface area contributed by atoms with Gasteiger partial charge in [-0.3, -0.25) is 4.68 Å². The second-order valence-corrected chi connectivity index (χ2v) is 4.44. The zero-order chi connectivity index (χ0) is 12.3. The van der Waals surface area contributed by atoms with Crippen molar-refractivity contribution in [3.8, 4) is 0 Å². The molecular formula is C12H21N3O2. The fourth-order valence-corrected chi connectivity index (χ4v) is 2.26. The monoisotopic (exact) mass is 239 g/mol. The predicted molar refractivity (Wildman–Crippen MR) is 66.1 cm³/mol. The van der Waals surface area contributed by atoms with Crippen LogP contribution in [-0.4, -0.2) is 36.1 Å². The molecule has 17 heavy (non-hydrogen) atoms. The van der Waals surface area contributed by atoms with E-state index in [4.69, 9.17) is 9.47 Å². The van der Waals surface area contributed by atoms with Crippen LogP contribution in [0.1, 0.15) is 24.1 Å². The summed E-state index contributed by atoms with van der Waals surface area (Å²) < 4.78 is 13.1. The summed E-state index contributed by atoms with van der Waals surface area (Å²) >= 11 is 0. The molecule has 5 nitrogen and oxygen atoms in total. The number of nitrogens with zero attached hydrogens (tertiary/aromatic N) is 2. The molecule has 0 bridgehead atoms. The Kier molecular flexibility index (Phi) is 4.02. The largest absolute Gasteiger partial charge is 0.376 e. The number of ether oxygens (including phenoxy) is 2. The smallest absolute Gasteiger partial charge is 0.129 e. The highest BCUT2D eigenvalue weighted by atomic mass is 16.5. The molecule has 5 heteroatoms. The van der Waals surface area contributed by atoms with Crippen LogP contribution in [-0.2, 0) is 23.1 Å². The van der Waals surface area contributed by atoms with E-state index in [-0.39, 0.29) is 6.10 Å². The van der Waals surface area contributed by atoms with Crippen LogP contribution in [0.15, 0.2) is 0 Å². The van der Waals surface area contributed by atoms with E-state index in [9.17, 15) is 0 Å². The Hall–Kier alpha value is -1.07. The summed E-state index contributed by atoms with van der Waals surface area (Å²) in [5.41, 5.74) is 2.15. The number of hydrogen-bond donors (Lipinski definition) is 1. The van der Waals surface area contributed by atoms with Crippen LogP contribution in [0, 0.1) is 6.92 Å². The van der Waals surface area contributed by atoms with Crippen LogP contribution in [0.5, 0.6) is 0 Å². The molecule has 96 valence electrons. The maximum absolute atomic E-state index is 5.72. The molecule has 1 fully saturated rings. The van der Waals surface area contributed by atoms with E-state index in [0.29, 0.717) is 13.2 Å². The average molecular weight is 239 g/mol. The summed E-state index contributed by atoms with van der Waals surface area (Å²) in [6, 6.07) is 0. The summed E-state index contributed by atoms with van der Waals surface area (Å²) in [7, 11) is 3.84. The van der Waals surface area contributed by atoms with Crippen molar-refractivity contribution in [1.29, 1.82) is 0 Å². The molecular weight excluding hydrogens is 218 g/mol. The standard InChI is InChI=1S/C12H21N3O2/c1-9-11(12(13-2)15(3)14-9)8-16-7-10-5-4-6-17-10/h10,13H,4-8H2,1-3H3. The second kappa shape index (κ2) is 5.51. The van der Waals surface area contributed by atoms with Gasteiger partial charge in [-0.15, -0.1) is 0 Å². The number of rotatable bonds is 5. The quantitative estimate of drug-likeness (QED) is 0.845. The number of anilines is 1. The lowest BCUT2D eigenvalue weighted by molar-refractivity contribution is 0.0106. The van der Waals surface area contributed by atoms with Crippen LogP contribution in [0.25, 0.3) is 0 Å². The first-order valence-electron chi connectivity index (χ1n) is 6.12. The van der Waals surface area contributed by atoms with Gasteiger partial charge in [-0.25, -0.2) is 0 Å². The Morgan fingerprint density at radius 1 is 1.59 bits per heavy atom. The van der Waals surface area contributed by atoms with Gasteiger partial charge < -0.3 is 14.8 Å². The third-order valence-corrected chi connectivity index (χ3v) is 3.16. The molecule has 1 atom stereocenters. The summed E-state index contributed by atoms with van der Waals surface area (Å²) in [5.74, 6) is 1.02. The number of aromatic nitrogens is 2. The van der Waals surface area contributed by atoms with Crippen molar-refractivity contribution in [3.05, 3.63) is 11.3 Å². The van der Waals surface area contributed by atoms with Crippen LogP contribution in [0.3, 0.4) is 0 Å². The van der Waals surface area contributed by atoms with Crippen molar-refractivity contribution in [3.63, 3.8) is 0 Å². The second-order valence-electron chi connectivity index (χ2n) is 4.44. The molecule has 1 aliphatic heterocycles. The Morgan fingerprint density at radius 2 is 2.41 bits per heavy atom. The molecule has 1 N–H and O–H groups in total. The highest BCUT2D eigenvalue weighted by Gasteiger charge is 2.17. The fraction of sp³-hybridized carbons (Fsp3) is 0.750. The summed E-state index contributed by atoms with van der Waals surface area (Å²) in [6.07, 6.45) is 2.55. The topological polar surface area (TPSA) is 48.3 Å². The predicted octanol–water partition coefficient (Wildman–Crippen LogP) is 1.47. The van der Waals surface area contributed by atoms with Crippen LogP contribution < -0.4 is 5.32 Å². The van der Waals surface area contributed by atoms with E-state index in [1.165, 1.54) is 0 Å². The highest BCUT2D eigenvalue weighted by molar-refractivity contribution is 5.46. The molecule has 0 aromatic carbocycles. The van der Waals surface area contributed by atoms with E-state index in [1.54, 1.807) is 0 Å². The first-order chi connectivity index (χ1) is 8.22. The Morgan fingerprint density at radius 3 is 3.06 bits per heavy atom. The van der Waals surface area contributed by atoms with Crippen molar-refractivity contribution >= 4 is 5.82 Å². The van der Waals surface area contributed by atoms with Gasteiger partial charge in [0.15, 0.2) is 0 Å². The maximum Gasteiger partial charge on any atom is 0.129 e. The first-order valence-corrected chi connectivity index (χ1v) is 6.12. The highest BCUT2D eigenvalue weighted by Crippen LogP contribution is 2.20. The normalized spacial score (nSPS) is 19.8. The Labute approximate surface area is 102 Å². The SMILES string of the molecule is CNc1c(COCC2CCCO2)c(C)nn1C. The van der Waals surface area contributed by atoms with Gasteiger partial charge in [0.2, 0.25) is 0 Å². The zero-order valence-electron chi connectivity index (χ0n) is 10.8. The molecule has 0 spiro atoms. The van der Waals surface area contributed by atoms with E-state index in [0.717, 1.165) is 36.5 Å². The zero-order valence-corrected chi connectivity index (χ0v) is 10.8. The Balaban J connectivity index is 1.89. The van der Waals surface area contributed by atoms with Crippen molar-refractivity contribution in [2.45, 2.75) is 32.5 Å². The molecule has 1 aliphatic rings. The van der Waals surface area contributed by atoms with Crippen molar-refractivity contribution in [2.75, 3.05) is 25.6 Å². The van der Waals surface area contributed by atoms with E-state index < -0.39 is 0 Å². The van der Waals surface area contributed by atoms with Crippen molar-refractivity contribution in [2.24, 2.45) is 7.05 Å². The van der Waals surface area contributed by atoms with E-state index in [2.05, 4.69) is 10.4 Å². The number of nitrogens with one attached hydrogen (secondary N) is 1. The van der Waals surface area contributed by atoms with E-state index >= 15 is 0 Å². The van der Waals surface area contributed by atoms with Gasteiger partial charge in [0.1, 0.15) is 5.82 Å². The average Bonchev–Trinajstić information content (AvgIpc) is 2.88. The Bertz CT molecular complexity index is 370. The van der Waals surface area contributed by atoms with Crippen LogP contribution in [0.2, 0.25) is 0 Å². The third kappa shape index (κ3) is 2.79. The van der Waals surface area contributed by atoms with Gasteiger partial charge in [-0.2, -0.15) is 5.10 Å². The molecule has 1 unspecified atom stereocenters. The van der Waals surface area contributed by atoms with Gasteiger partial charge in [0, 0.05) is 26.3 Å². The molecule has 2 rings (SSSR count). The minimum atomic E-state index is 0.282. The minimum Gasteiger partial charge on any atom is -0.376 e. The van der Waals surface area contributed by atoms with Gasteiger partial charge >= 0.3 is 0 Å². The molecule has 0 saturated carbocycles. The molecule has 0 radical (unpaired) electrons. The van der Waals surface area contributed by atoms with Crippen LogP contribution in [0.4, 0.5) is 5.82 Å². The molecule has 0 aliphatic carbocycles. The number of aryl methyl sites for hydroxylation is 2. The molecule has 2 heterocycles. The minimum absolute atomic E-state index is 0.282. The maximum atomic E-state index is 5.72. The first kappa shape index (κ1) is 12.4. The molecule has 1 saturated heterocycles. The number of hydrogen-bond acceptors (Lipinski definition) is 4. The molecule has 1 aromatic rings. The lowest BCUT2D eigenvalue weighted by Crippen LogP contribution is -2.14. The summed E-state index contributed by atoms with van der Waals surface area (Å²) in [4.78, 5) is 0. The van der Waals surface area contributed by atoms with Crippen molar-refractivity contribution < 1.29 is 9.47 Å². The van der Waals surface area contributed by atoms with Gasteiger partial charge in [-0.05, 0) is 19.8 Å². The van der Waals surface area contributed by atoms with Gasteiger partial charge in [0.05, 0.1) is 25.0 Å². The lowest BCUT2D eigenvalue weighted by Gasteiger charge is -2.11.